The Morgan fingerprint density at radius 2 is 1.91 bits per heavy atom. The lowest BCUT2D eigenvalue weighted by molar-refractivity contribution is 0.0955. The number of carbonyl (C=O) groups excluding carboxylic acids is 1. The molecular weight excluding hydrogens is 314 g/mol. The molecule has 23 heavy (non-hydrogen) atoms. The number of pyridine rings is 1. The predicted octanol–water partition coefficient (Wildman–Crippen LogP) is 3.36. The van der Waals surface area contributed by atoms with Crippen molar-refractivity contribution in [3.8, 4) is 5.75 Å². The molecule has 0 aliphatic carbocycles. The van der Waals surface area contributed by atoms with Crippen molar-refractivity contribution in [2.45, 2.75) is 0 Å². The van der Waals surface area contributed by atoms with E-state index in [-0.39, 0.29) is 11.7 Å². The van der Waals surface area contributed by atoms with Crippen molar-refractivity contribution in [2.24, 2.45) is 5.10 Å². The molecule has 1 aromatic heterocycles. The minimum Gasteiger partial charge on any atom is -0.506 e. The molecule has 5 nitrogen and oxygen atoms in total. The highest BCUT2D eigenvalue weighted by molar-refractivity contribution is 6.30. The van der Waals surface area contributed by atoms with Gasteiger partial charge >= 0.3 is 0 Å². The number of hydrogen-bond donors (Lipinski definition) is 2. The Kier molecular flexibility index (Phi) is 4.21. The Bertz CT molecular complexity index is 892. The minimum atomic E-state index is -0.365. The van der Waals surface area contributed by atoms with E-state index in [4.69, 9.17) is 11.6 Å². The van der Waals surface area contributed by atoms with Gasteiger partial charge < -0.3 is 5.11 Å². The smallest absolute Gasteiger partial charge is 0.271 e. The number of rotatable bonds is 3. The van der Waals surface area contributed by atoms with Crippen LogP contribution < -0.4 is 5.43 Å². The van der Waals surface area contributed by atoms with Gasteiger partial charge in [0.1, 0.15) is 5.75 Å². The zero-order chi connectivity index (χ0) is 16.2. The lowest BCUT2D eigenvalue weighted by atomic mass is 10.1. The average molecular weight is 326 g/mol. The van der Waals surface area contributed by atoms with Gasteiger partial charge in [-0.25, -0.2) is 5.43 Å². The van der Waals surface area contributed by atoms with E-state index in [1.165, 1.54) is 12.4 Å². The van der Waals surface area contributed by atoms with E-state index in [1.54, 1.807) is 24.3 Å². The summed E-state index contributed by atoms with van der Waals surface area (Å²) in [5, 5.41) is 15.1. The molecule has 0 aliphatic rings. The highest BCUT2D eigenvalue weighted by Gasteiger charge is 2.06. The van der Waals surface area contributed by atoms with Gasteiger partial charge in [-0.05, 0) is 30.3 Å². The molecule has 1 amide bonds. The number of hydrogen-bond acceptors (Lipinski definition) is 4. The number of fused-ring (bicyclic) bond motifs is 1. The largest absolute Gasteiger partial charge is 0.506 e. The SMILES string of the molecule is O=C(N/N=C/c1c(O)cnc2ccccc12)c1ccc(Cl)cc1. The molecule has 1 heterocycles. The van der Waals surface area contributed by atoms with E-state index in [2.05, 4.69) is 15.5 Å². The first kappa shape index (κ1) is 15.0. The first-order valence-electron chi connectivity index (χ1n) is 6.81. The maximum Gasteiger partial charge on any atom is 0.271 e. The highest BCUT2D eigenvalue weighted by atomic mass is 35.5. The fourth-order valence-electron chi connectivity index (χ4n) is 2.11. The summed E-state index contributed by atoms with van der Waals surface area (Å²) >= 11 is 5.78. The number of nitrogens with one attached hydrogen (secondary N) is 1. The summed E-state index contributed by atoms with van der Waals surface area (Å²) in [7, 11) is 0. The number of amides is 1. The van der Waals surface area contributed by atoms with Gasteiger partial charge in [0.05, 0.1) is 17.9 Å². The fraction of sp³-hybridized carbons (Fsp3) is 0. The molecule has 0 aliphatic heterocycles. The fourth-order valence-corrected chi connectivity index (χ4v) is 2.24. The summed E-state index contributed by atoms with van der Waals surface area (Å²) < 4.78 is 0. The van der Waals surface area contributed by atoms with Crippen molar-refractivity contribution in [3.63, 3.8) is 0 Å². The molecule has 0 unspecified atom stereocenters. The van der Waals surface area contributed by atoms with Crippen LogP contribution in [0.25, 0.3) is 10.9 Å². The summed E-state index contributed by atoms with van der Waals surface area (Å²) in [4.78, 5) is 16.1. The molecular formula is C17H12ClN3O2. The molecule has 0 bridgehead atoms. The van der Waals surface area contributed by atoms with Gasteiger partial charge in [-0.3, -0.25) is 9.78 Å². The number of aromatic nitrogens is 1. The van der Waals surface area contributed by atoms with Crippen molar-refractivity contribution in [1.29, 1.82) is 0 Å². The van der Waals surface area contributed by atoms with Crippen molar-refractivity contribution in [2.75, 3.05) is 0 Å². The Morgan fingerprint density at radius 3 is 2.70 bits per heavy atom. The van der Waals surface area contributed by atoms with Crippen LogP contribution in [0, 0.1) is 0 Å². The van der Waals surface area contributed by atoms with E-state index in [9.17, 15) is 9.90 Å². The molecule has 0 fully saturated rings. The molecule has 2 N–H and O–H groups in total. The molecule has 6 heteroatoms. The van der Waals surface area contributed by atoms with Gasteiger partial charge in [-0.1, -0.05) is 29.8 Å². The standard InChI is InChI=1S/C17H12ClN3O2/c18-12-7-5-11(6-8-12)17(23)21-20-9-14-13-3-1-2-4-15(13)19-10-16(14)22/h1-10,22H,(H,21,23)/b20-9+. The van der Waals surface area contributed by atoms with E-state index in [0.29, 0.717) is 16.1 Å². The monoisotopic (exact) mass is 325 g/mol. The molecule has 3 rings (SSSR count). The number of halogens is 1. The van der Waals surface area contributed by atoms with Gasteiger partial charge in [0.25, 0.3) is 5.91 Å². The highest BCUT2D eigenvalue weighted by Crippen LogP contribution is 2.23. The van der Waals surface area contributed by atoms with E-state index in [1.807, 2.05) is 24.3 Å². The van der Waals surface area contributed by atoms with Crippen LogP contribution in [0.3, 0.4) is 0 Å². The lowest BCUT2D eigenvalue weighted by Gasteiger charge is -2.04. The number of benzene rings is 2. The molecule has 114 valence electrons. The lowest BCUT2D eigenvalue weighted by Crippen LogP contribution is -2.17. The van der Waals surface area contributed by atoms with Gasteiger partial charge in [0, 0.05) is 21.5 Å². The molecule has 3 aromatic rings. The molecule has 0 saturated heterocycles. The van der Waals surface area contributed by atoms with Crippen LogP contribution in [0.15, 0.2) is 59.8 Å². The van der Waals surface area contributed by atoms with Crippen molar-refractivity contribution < 1.29 is 9.90 Å². The number of carbonyl (C=O) groups is 1. The number of para-hydroxylation sites is 1. The Balaban J connectivity index is 1.82. The molecule has 0 radical (unpaired) electrons. The van der Waals surface area contributed by atoms with Gasteiger partial charge in [-0.2, -0.15) is 5.10 Å². The maximum atomic E-state index is 12.0. The third kappa shape index (κ3) is 3.30. The maximum absolute atomic E-state index is 12.0. The molecule has 0 atom stereocenters. The van der Waals surface area contributed by atoms with Gasteiger partial charge in [-0.15, -0.1) is 0 Å². The predicted molar refractivity (Wildman–Crippen MR) is 89.9 cm³/mol. The second-order valence-electron chi connectivity index (χ2n) is 4.78. The topological polar surface area (TPSA) is 74.6 Å². The summed E-state index contributed by atoms with van der Waals surface area (Å²) in [6.45, 7) is 0. The number of aromatic hydroxyl groups is 1. The minimum absolute atomic E-state index is 0.00630. The van der Waals surface area contributed by atoms with Crippen LogP contribution in [0.5, 0.6) is 5.75 Å². The van der Waals surface area contributed by atoms with Crippen LogP contribution >= 0.6 is 11.6 Å². The third-order valence-electron chi connectivity index (χ3n) is 3.26. The second kappa shape index (κ2) is 6.46. The summed E-state index contributed by atoms with van der Waals surface area (Å²) in [5.41, 5.74) is 4.08. The number of nitrogens with zero attached hydrogens (tertiary/aromatic N) is 2. The van der Waals surface area contributed by atoms with E-state index >= 15 is 0 Å². The molecule has 0 spiro atoms. The van der Waals surface area contributed by atoms with Gasteiger partial charge in [0.15, 0.2) is 0 Å². The van der Waals surface area contributed by atoms with Crippen LogP contribution in [0.1, 0.15) is 15.9 Å². The van der Waals surface area contributed by atoms with Crippen LogP contribution in [-0.2, 0) is 0 Å². The Hall–Kier alpha value is -2.92. The summed E-state index contributed by atoms with van der Waals surface area (Å²) in [5.74, 6) is -0.371. The first-order valence-corrected chi connectivity index (χ1v) is 7.18. The quantitative estimate of drug-likeness (QED) is 0.573. The zero-order valence-corrected chi connectivity index (χ0v) is 12.7. The van der Waals surface area contributed by atoms with E-state index < -0.39 is 0 Å². The van der Waals surface area contributed by atoms with Crippen LogP contribution in [0.4, 0.5) is 0 Å². The van der Waals surface area contributed by atoms with Crippen LogP contribution in [-0.4, -0.2) is 22.2 Å². The molecule has 2 aromatic carbocycles. The van der Waals surface area contributed by atoms with Crippen molar-refractivity contribution in [3.05, 3.63) is 70.9 Å². The van der Waals surface area contributed by atoms with Crippen LogP contribution in [0.2, 0.25) is 5.02 Å². The van der Waals surface area contributed by atoms with Gasteiger partial charge in [0.2, 0.25) is 0 Å². The first-order chi connectivity index (χ1) is 11.1. The molecule has 0 saturated carbocycles. The van der Waals surface area contributed by atoms with E-state index in [0.717, 1.165) is 10.9 Å². The normalized spacial score (nSPS) is 11.0. The summed E-state index contributed by atoms with van der Waals surface area (Å²) in [6, 6.07) is 13.8. The number of hydrazone groups is 1. The average Bonchev–Trinajstić information content (AvgIpc) is 2.57. The summed E-state index contributed by atoms with van der Waals surface area (Å²) in [6.07, 6.45) is 2.75. The van der Waals surface area contributed by atoms with Crippen molar-refractivity contribution >= 4 is 34.6 Å². The third-order valence-corrected chi connectivity index (χ3v) is 3.51. The second-order valence-corrected chi connectivity index (χ2v) is 5.22. The van der Waals surface area contributed by atoms with Crippen molar-refractivity contribution in [1.82, 2.24) is 10.4 Å². The Morgan fingerprint density at radius 1 is 1.17 bits per heavy atom. The Labute approximate surface area is 137 Å². The zero-order valence-electron chi connectivity index (χ0n) is 11.9.